The summed E-state index contributed by atoms with van der Waals surface area (Å²) in [6.07, 6.45) is 2.40. The lowest BCUT2D eigenvalue weighted by Crippen LogP contribution is -2.31. The second-order valence-corrected chi connectivity index (χ2v) is 6.14. The van der Waals surface area contributed by atoms with Crippen molar-refractivity contribution in [3.63, 3.8) is 0 Å². The summed E-state index contributed by atoms with van der Waals surface area (Å²) in [5.74, 6) is 0.744. The number of aryl methyl sites for hydroxylation is 1. The topological polar surface area (TPSA) is 73.2 Å². The van der Waals surface area contributed by atoms with Crippen molar-refractivity contribution in [3.8, 4) is 11.5 Å². The molecule has 0 radical (unpaired) electrons. The average molecular weight is 381 g/mol. The summed E-state index contributed by atoms with van der Waals surface area (Å²) in [7, 11) is 0. The van der Waals surface area contributed by atoms with E-state index in [4.69, 9.17) is 4.74 Å². The van der Waals surface area contributed by atoms with Gasteiger partial charge in [0.15, 0.2) is 0 Å². The number of hydrogen-bond acceptors (Lipinski definition) is 4. The zero-order valence-corrected chi connectivity index (χ0v) is 15.2. The molecule has 0 unspecified atom stereocenters. The summed E-state index contributed by atoms with van der Waals surface area (Å²) in [4.78, 5) is 23.6. The summed E-state index contributed by atoms with van der Waals surface area (Å²) in [6.45, 7) is 0.663. The fourth-order valence-corrected chi connectivity index (χ4v) is 2.61. The van der Waals surface area contributed by atoms with Gasteiger partial charge in [-0.2, -0.15) is 5.10 Å². The summed E-state index contributed by atoms with van der Waals surface area (Å²) >= 11 is 0. The minimum absolute atomic E-state index is 0.103. The van der Waals surface area contributed by atoms with Gasteiger partial charge in [0.25, 0.3) is 5.56 Å². The molecule has 0 aliphatic rings. The van der Waals surface area contributed by atoms with Crippen LogP contribution in [0, 0.1) is 5.82 Å². The molecule has 0 bridgehead atoms. The molecular weight excluding hydrogens is 361 g/mol. The predicted octanol–water partition coefficient (Wildman–Crippen LogP) is 2.92. The van der Waals surface area contributed by atoms with Gasteiger partial charge in [0.1, 0.15) is 17.3 Å². The molecule has 1 amide bonds. The number of amides is 1. The number of benzene rings is 2. The molecule has 144 valence electrons. The van der Waals surface area contributed by atoms with Gasteiger partial charge in [0.2, 0.25) is 5.91 Å². The zero-order valence-electron chi connectivity index (χ0n) is 15.2. The van der Waals surface area contributed by atoms with Crippen molar-refractivity contribution in [2.75, 3.05) is 6.54 Å². The second kappa shape index (κ2) is 9.45. The van der Waals surface area contributed by atoms with E-state index in [0.717, 1.165) is 5.56 Å². The van der Waals surface area contributed by atoms with Crippen LogP contribution in [0.25, 0.3) is 0 Å². The van der Waals surface area contributed by atoms with Crippen molar-refractivity contribution in [2.45, 2.75) is 19.4 Å². The minimum atomic E-state index is -0.319. The summed E-state index contributed by atoms with van der Waals surface area (Å²) in [5.41, 5.74) is 0.755. The van der Waals surface area contributed by atoms with E-state index in [2.05, 4.69) is 10.4 Å². The van der Waals surface area contributed by atoms with Crippen LogP contribution >= 0.6 is 0 Å². The van der Waals surface area contributed by atoms with E-state index >= 15 is 0 Å². The Morgan fingerprint density at radius 3 is 2.68 bits per heavy atom. The Bertz CT molecular complexity index is 986. The summed E-state index contributed by atoms with van der Waals surface area (Å²) in [6, 6.07) is 16.2. The lowest BCUT2D eigenvalue weighted by atomic mass is 10.1. The van der Waals surface area contributed by atoms with Gasteiger partial charge in [-0.05, 0) is 54.4 Å². The van der Waals surface area contributed by atoms with Crippen LogP contribution in [0.4, 0.5) is 4.39 Å². The third-order valence-electron chi connectivity index (χ3n) is 4.02. The fourth-order valence-electron chi connectivity index (χ4n) is 2.61. The molecular formula is C21H20FN3O3. The monoisotopic (exact) mass is 381 g/mol. The molecule has 3 rings (SSSR count). The van der Waals surface area contributed by atoms with Crippen molar-refractivity contribution < 1.29 is 13.9 Å². The first-order valence-electron chi connectivity index (χ1n) is 8.91. The maximum atomic E-state index is 13.0. The van der Waals surface area contributed by atoms with Crippen LogP contribution in [0.15, 0.2) is 71.7 Å². The molecule has 1 N–H and O–H groups in total. The lowest BCUT2D eigenvalue weighted by molar-refractivity contribution is -0.121. The minimum Gasteiger partial charge on any atom is -0.457 e. The van der Waals surface area contributed by atoms with E-state index < -0.39 is 0 Å². The highest BCUT2D eigenvalue weighted by Crippen LogP contribution is 2.22. The highest BCUT2D eigenvalue weighted by molar-refractivity contribution is 5.76. The first-order valence-corrected chi connectivity index (χ1v) is 8.91. The van der Waals surface area contributed by atoms with Gasteiger partial charge in [-0.15, -0.1) is 0 Å². The number of ether oxygens (including phenoxy) is 1. The molecule has 2 aromatic carbocycles. The van der Waals surface area contributed by atoms with Gasteiger partial charge in [0.05, 0.1) is 6.54 Å². The summed E-state index contributed by atoms with van der Waals surface area (Å²) in [5, 5.41) is 6.72. The number of carbonyl (C=O) groups is 1. The molecule has 0 saturated heterocycles. The molecule has 7 heteroatoms. The zero-order chi connectivity index (χ0) is 19.8. The number of aromatic nitrogens is 2. The van der Waals surface area contributed by atoms with Gasteiger partial charge < -0.3 is 10.1 Å². The third kappa shape index (κ3) is 5.77. The van der Waals surface area contributed by atoms with E-state index in [9.17, 15) is 14.0 Å². The number of halogens is 1. The molecule has 1 aromatic heterocycles. The smallest absolute Gasteiger partial charge is 0.266 e. The van der Waals surface area contributed by atoms with Gasteiger partial charge >= 0.3 is 0 Å². The molecule has 1 heterocycles. The number of rotatable bonds is 8. The van der Waals surface area contributed by atoms with E-state index in [0.29, 0.717) is 37.4 Å². The molecule has 28 heavy (non-hydrogen) atoms. The quantitative estimate of drug-likeness (QED) is 0.651. The predicted molar refractivity (Wildman–Crippen MR) is 103 cm³/mol. The molecule has 0 atom stereocenters. The Morgan fingerprint density at radius 1 is 1.07 bits per heavy atom. The molecule has 6 nitrogen and oxygen atoms in total. The first-order chi connectivity index (χ1) is 13.6. The average Bonchev–Trinajstić information content (AvgIpc) is 2.70. The normalized spacial score (nSPS) is 10.5. The van der Waals surface area contributed by atoms with Crippen LogP contribution < -0.4 is 15.6 Å². The van der Waals surface area contributed by atoms with Crippen molar-refractivity contribution in [2.24, 2.45) is 0 Å². The van der Waals surface area contributed by atoms with Crippen LogP contribution in [-0.2, 0) is 17.8 Å². The Labute approximate surface area is 161 Å². The number of hydrogen-bond donors (Lipinski definition) is 1. The Morgan fingerprint density at radius 2 is 1.89 bits per heavy atom. The lowest BCUT2D eigenvalue weighted by Gasteiger charge is -2.09. The van der Waals surface area contributed by atoms with E-state index in [-0.39, 0.29) is 17.3 Å². The highest BCUT2D eigenvalue weighted by atomic mass is 19.1. The van der Waals surface area contributed by atoms with Gasteiger partial charge in [-0.1, -0.05) is 12.1 Å². The third-order valence-corrected chi connectivity index (χ3v) is 4.02. The Balaban J connectivity index is 1.46. The number of carbonyl (C=O) groups excluding carboxylic acids is 1. The largest absolute Gasteiger partial charge is 0.457 e. The molecule has 0 fully saturated rings. The van der Waals surface area contributed by atoms with Crippen molar-refractivity contribution >= 4 is 5.91 Å². The van der Waals surface area contributed by atoms with Crippen molar-refractivity contribution in [1.82, 2.24) is 15.1 Å². The first kappa shape index (κ1) is 19.3. The fraction of sp³-hybridized carbons (Fsp3) is 0.190. The van der Waals surface area contributed by atoms with Gasteiger partial charge in [-0.25, -0.2) is 9.07 Å². The Hall–Kier alpha value is -3.48. The molecule has 3 aromatic rings. The van der Waals surface area contributed by atoms with Crippen LogP contribution in [0.2, 0.25) is 0 Å². The number of nitrogens with one attached hydrogen (secondary N) is 1. The Kier molecular flexibility index (Phi) is 6.51. The number of nitrogens with zero attached hydrogens (tertiary/aromatic N) is 2. The van der Waals surface area contributed by atoms with Gasteiger partial charge in [0, 0.05) is 25.2 Å². The summed E-state index contributed by atoms with van der Waals surface area (Å²) < 4.78 is 20.0. The van der Waals surface area contributed by atoms with E-state index in [1.54, 1.807) is 24.3 Å². The maximum Gasteiger partial charge on any atom is 0.266 e. The van der Waals surface area contributed by atoms with E-state index in [1.807, 2.05) is 18.2 Å². The molecule has 0 spiro atoms. The van der Waals surface area contributed by atoms with Crippen LogP contribution in [0.3, 0.4) is 0 Å². The van der Waals surface area contributed by atoms with E-state index in [1.165, 1.54) is 29.1 Å². The molecule has 0 aliphatic heterocycles. The van der Waals surface area contributed by atoms with Crippen LogP contribution in [0.5, 0.6) is 11.5 Å². The van der Waals surface area contributed by atoms with Crippen LogP contribution in [-0.4, -0.2) is 22.2 Å². The van der Waals surface area contributed by atoms with Crippen LogP contribution in [0.1, 0.15) is 12.0 Å². The van der Waals surface area contributed by atoms with Crippen molar-refractivity contribution in [1.29, 1.82) is 0 Å². The van der Waals surface area contributed by atoms with Gasteiger partial charge in [-0.3, -0.25) is 9.59 Å². The SMILES string of the molecule is O=C(CCc1cccc(Oc2ccc(F)cc2)c1)NCCn1ncccc1=O. The highest BCUT2D eigenvalue weighted by Gasteiger charge is 2.05. The van der Waals surface area contributed by atoms with Crippen molar-refractivity contribution in [3.05, 3.63) is 88.6 Å². The molecule has 0 aliphatic carbocycles. The second-order valence-electron chi connectivity index (χ2n) is 6.14. The maximum absolute atomic E-state index is 13.0. The standard InChI is InChI=1S/C21H20FN3O3/c22-17-7-9-18(10-8-17)28-19-4-1-3-16(15-19)6-11-20(26)23-13-14-25-21(27)5-2-12-24-25/h1-5,7-10,12,15H,6,11,13-14H2,(H,23,26). The molecule has 0 saturated carbocycles.